The van der Waals surface area contributed by atoms with Gasteiger partial charge in [0.15, 0.2) is 6.61 Å². The minimum atomic E-state index is -1.05. The zero-order valence-corrected chi connectivity index (χ0v) is 13.3. The predicted octanol–water partition coefficient (Wildman–Crippen LogP) is 1.42. The van der Waals surface area contributed by atoms with E-state index in [9.17, 15) is 15.0 Å². The number of benzene rings is 1. The molecule has 0 spiro atoms. The first-order valence-electron chi connectivity index (χ1n) is 7.75. The monoisotopic (exact) mass is 307 g/mol. The van der Waals surface area contributed by atoms with E-state index in [-0.39, 0.29) is 19.1 Å². The second kappa shape index (κ2) is 7.11. The first kappa shape index (κ1) is 16.8. The molecule has 1 atom stereocenters. The number of hydrogen-bond donors (Lipinski definition) is 2. The molecule has 22 heavy (non-hydrogen) atoms. The maximum atomic E-state index is 12.3. The van der Waals surface area contributed by atoms with Gasteiger partial charge in [-0.3, -0.25) is 4.79 Å². The number of aliphatic hydroxyl groups excluding tert-OH is 1. The summed E-state index contributed by atoms with van der Waals surface area (Å²) >= 11 is 0. The molecule has 0 bridgehead atoms. The highest BCUT2D eigenvalue weighted by atomic mass is 16.5. The molecular formula is C17H25NO4. The van der Waals surface area contributed by atoms with E-state index in [2.05, 4.69) is 0 Å². The normalized spacial score (nSPS) is 22.3. The fourth-order valence-corrected chi connectivity index (χ4v) is 2.70. The Morgan fingerprint density at radius 1 is 1.32 bits per heavy atom. The lowest BCUT2D eigenvalue weighted by molar-refractivity contribution is -0.133. The molecule has 0 saturated carbocycles. The van der Waals surface area contributed by atoms with Crippen molar-refractivity contribution < 1.29 is 19.7 Å². The Labute approximate surface area is 131 Å². The minimum Gasteiger partial charge on any atom is -0.483 e. The van der Waals surface area contributed by atoms with Gasteiger partial charge >= 0.3 is 0 Å². The fraction of sp³-hybridized carbons (Fsp3) is 0.588. The summed E-state index contributed by atoms with van der Waals surface area (Å²) in [6, 6.07) is 5.78. The molecule has 122 valence electrons. The molecule has 1 saturated heterocycles. The van der Waals surface area contributed by atoms with Gasteiger partial charge in [-0.1, -0.05) is 12.1 Å². The molecule has 1 aromatic carbocycles. The Bertz CT molecular complexity index is 531. The van der Waals surface area contributed by atoms with E-state index >= 15 is 0 Å². The standard InChI is InChI=1S/C17H25NO4/c1-13-5-3-6-15(14(13)2)22-11-16(20)18-9-4-7-17(21,12-19)8-10-18/h3,5-6,19,21H,4,7-12H2,1-2H3/t17-/m0/s1. The van der Waals surface area contributed by atoms with Crippen LogP contribution in [-0.2, 0) is 4.79 Å². The van der Waals surface area contributed by atoms with Crippen molar-refractivity contribution in [2.45, 2.75) is 38.7 Å². The van der Waals surface area contributed by atoms with E-state index < -0.39 is 5.60 Å². The number of amides is 1. The third-order valence-corrected chi connectivity index (χ3v) is 4.47. The van der Waals surface area contributed by atoms with Gasteiger partial charge in [0.05, 0.1) is 12.2 Å². The number of rotatable bonds is 4. The number of aliphatic hydroxyl groups is 2. The zero-order chi connectivity index (χ0) is 16.2. The molecule has 0 unspecified atom stereocenters. The highest BCUT2D eigenvalue weighted by Crippen LogP contribution is 2.23. The molecule has 5 nitrogen and oxygen atoms in total. The second-order valence-electron chi connectivity index (χ2n) is 6.10. The van der Waals surface area contributed by atoms with Crippen LogP contribution in [0, 0.1) is 13.8 Å². The number of likely N-dealkylation sites (tertiary alicyclic amines) is 1. The first-order chi connectivity index (χ1) is 10.4. The van der Waals surface area contributed by atoms with Gasteiger partial charge in [-0.2, -0.15) is 0 Å². The molecule has 2 N–H and O–H groups in total. The third-order valence-electron chi connectivity index (χ3n) is 4.47. The van der Waals surface area contributed by atoms with Gasteiger partial charge in [-0.15, -0.1) is 0 Å². The number of ether oxygens (including phenoxy) is 1. The Morgan fingerprint density at radius 2 is 2.09 bits per heavy atom. The van der Waals surface area contributed by atoms with Crippen LogP contribution in [0.3, 0.4) is 0 Å². The van der Waals surface area contributed by atoms with E-state index in [1.54, 1.807) is 4.90 Å². The van der Waals surface area contributed by atoms with Gasteiger partial charge in [0.25, 0.3) is 5.91 Å². The molecule has 1 aliphatic heterocycles. The SMILES string of the molecule is Cc1cccc(OCC(=O)N2CCC[C@@](O)(CO)CC2)c1C. The molecule has 1 heterocycles. The molecule has 1 amide bonds. The van der Waals surface area contributed by atoms with Crippen LogP contribution in [0.15, 0.2) is 18.2 Å². The van der Waals surface area contributed by atoms with Gasteiger partial charge in [-0.25, -0.2) is 0 Å². The van der Waals surface area contributed by atoms with E-state index in [1.165, 1.54) is 0 Å². The van der Waals surface area contributed by atoms with Crippen LogP contribution in [0.2, 0.25) is 0 Å². The van der Waals surface area contributed by atoms with E-state index in [1.807, 2.05) is 32.0 Å². The van der Waals surface area contributed by atoms with Crippen molar-refractivity contribution >= 4 is 5.91 Å². The summed E-state index contributed by atoms with van der Waals surface area (Å²) in [5, 5.41) is 19.3. The number of carbonyl (C=O) groups excluding carboxylic acids is 1. The number of aryl methyl sites for hydroxylation is 1. The molecule has 1 aliphatic rings. The smallest absolute Gasteiger partial charge is 0.260 e. The largest absolute Gasteiger partial charge is 0.483 e. The average molecular weight is 307 g/mol. The lowest BCUT2D eigenvalue weighted by Crippen LogP contribution is -2.38. The van der Waals surface area contributed by atoms with Crippen LogP contribution in [0.5, 0.6) is 5.75 Å². The summed E-state index contributed by atoms with van der Waals surface area (Å²) < 4.78 is 5.65. The molecule has 2 rings (SSSR count). The van der Waals surface area contributed by atoms with Crippen molar-refractivity contribution in [2.75, 3.05) is 26.3 Å². The Balaban J connectivity index is 1.91. The lowest BCUT2D eigenvalue weighted by Gasteiger charge is -2.24. The number of hydrogen-bond acceptors (Lipinski definition) is 4. The number of nitrogens with zero attached hydrogens (tertiary/aromatic N) is 1. The van der Waals surface area contributed by atoms with Crippen LogP contribution in [0.1, 0.15) is 30.4 Å². The second-order valence-corrected chi connectivity index (χ2v) is 6.10. The highest BCUT2D eigenvalue weighted by molar-refractivity contribution is 5.77. The quantitative estimate of drug-likeness (QED) is 0.882. The Kier molecular flexibility index (Phi) is 5.42. The molecule has 0 radical (unpaired) electrons. The Hall–Kier alpha value is -1.59. The van der Waals surface area contributed by atoms with Gasteiger partial charge < -0.3 is 19.8 Å². The van der Waals surface area contributed by atoms with E-state index in [4.69, 9.17) is 4.74 Å². The van der Waals surface area contributed by atoms with Crippen LogP contribution in [0.4, 0.5) is 0 Å². The van der Waals surface area contributed by atoms with E-state index in [0.29, 0.717) is 32.4 Å². The summed E-state index contributed by atoms with van der Waals surface area (Å²) in [7, 11) is 0. The predicted molar refractivity (Wildman–Crippen MR) is 83.9 cm³/mol. The van der Waals surface area contributed by atoms with Gasteiger partial charge in [0.2, 0.25) is 0 Å². The number of carbonyl (C=O) groups is 1. The topological polar surface area (TPSA) is 70.0 Å². The van der Waals surface area contributed by atoms with Crippen LogP contribution >= 0.6 is 0 Å². The molecule has 0 aromatic heterocycles. The van der Waals surface area contributed by atoms with Crippen LogP contribution in [-0.4, -0.2) is 52.9 Å². The minimum absolute atomic E-state index is 0.00183. The van der Waals surface area contributed by atoms with Crippen molar-refractivity contribution in [3.05, 3.63) is 29.3 Å². The summed E-state index contributed by atoms with van der Waals surface area (Å²) in [5.41, 5.74) is 1.12. The van der Waals surface area contributed by atoms with Crippen molar-refractivity contribution in [3.8, 4) is 5.75 Å². The van der Waals surface area contributed by atoms with Gasteiger partial charge in [0, 0.05) is 13.1 Å². The fourth-order valence-electron chi connectivity index (χ4n) is 2.70. The summed E-state index contributed by atoms with van der Waals surface area (Å²) in [6.07, 6.45) is 1.61. The average Bonchev–Trinajstić information content (AvgIpc) is 2.71. The molecule has 1 aromatic rings. The maximum Gasteiger partial charge on any atom is 0.260 e. The maximum absolute atomic E-state index is 12.3. The lowest BCUT2D eigenvalue weighted by atomic mass is 9.96. The first-order valence-corrected chi connectivity index (χ1v) is 7.75. The third kappa shape index (κ3) is 3.99. The van der Waals surface area contributed by atoms with Gasteiger partial charge in [0.1, 0.15) is 5.75 Å². The zero-order valence-electron chi connectivity index (χ0n) is 13.3. The van der Waals surface area contributed by atoms with Crippen LogP contribution in [0.25, 0.3) is 0 Å². The van der Waals surface area contributed by atoms with Crippen molar-refractivity contribution in [2.24, 2.45) is 0 Å². The Morgan fingerprint density at radius 3 is 2.82 bits per heavy atom. The molecular weight excluding hydrogens is 282 g/mol. The van der Waals surface area contributed by atoms with E-state index in [0.717, 1.165) is 16.9 Å². The van der Waals surface area contributed by atoms with Gasteiger partial charge in [-0.05, 0) is 50.3 Å². The molecule has 0 aliphatic carbocycles. The molecule has 1 fully saturated rings. The summed E-state index contributed by atoms with van der Waals surface area (Å²) in [5.74, 6) is 0.651. The van der Waals surface area contributed by atoms with Crippen LogP contribution < -0.4 is 4.74 Å². The van der Waals surface area contributed by atoms with Crippen molar-refractivity contribution in [1.29, 1.82) is 0 Å². The summed E-state index contributed by atoms with van der Waals surface area (Å²) in [4.78, 5) is 14.0. The molecule has 5 heteroatoms. The van der Waals surface area contributed by atoms with Crippen molar-refractivity contribution in [1.82, 2.24) is 4.90 Å². The summed E-state index contributed by atoms with van der Waals surface area (Å²) in [6.45, 7) is 4.77. The van der Waals surface area contributed by atoms with Crippen molar-refractivity contribution in [3.63, 3.8) is 0 Å². The highest BCUT2D eigenvalue weighted by Gasteiger charge is 2.30.